The summed E-state index contributed by atoms with van der Waals surface area (Å²) in [6, 6.07) is 13.6. The summed E-state index contributed by atoms with van der Waals surface area (Å²) in [4.78, 5) is 26.7. The van der Waals surface area contributed by atoms with Gasteiger partial charge in [-0.2, -0.15) is 0 Å². The van der Waals surface area contributed by atoms with Crippen molar-refractivity contribution >= 4 is 23.4 Å². The predicted octanol–water partition coefficient (Wildman–Crippen LogP) is 3.28. The zero-order valence-electron chi connectivity index (χ0n) is 16.3. The Hall–Kier alpha value is -2.73. The lowest BCUT2D eigenvalue weighted by atomic mass is 10.1. The fourth-order valence-electron chi connectivity index (χ4n) is 2.80. The molecule has 0 unspecified atom stereocenters. The lowest BCUT2D eigenvalue weighted by Crippen LogP contribution is -2.49. The second-order valence-corrected chi connectivity index (χ2v) is 6.52. The standard InChI is InChI=1S/C21H25ClN2O4/c1-4-19(21(26)23-2)24(13-15-7-5-6-8-18(15)22)20(25)14-28-17-11-9-16(27-3)10-12-17/h5-12,19H,4,13-14H2,1-3H3,(H,23,26)/t19-/m1/s1. The second kappa shape index (κ2) is 10.6. The Morgan fingerprint density at radius 2 is 1.75 bits per heavy atom. The fraction of sp³-hybridized carbons (Fsp3) is 0.333. The number of methoxy groups -OCH3 is 1. The molecule has 0 bridgehead atoms. The molecule has 2 aromatic rings. The van der Waals surface area contributed by atoms with E-state index in [0.29, 0.717) is 22.9 Å². The number of nitrogens with one attached hydrogen (secondary N) is 1. The van der Waals surface area contributed by atoms with E-state index < -0.39 is 6.04 Å². The number of hydrogen-bond donors (Lipinski definition) is 1. The average Bonchev–Trinajstić information content (AvgIpc) is 2.73. The Labute approximate surface area is 170 Å². The highest BCUT2D eigenvalue weighted by Crippen LogP contribution is 2.21. The summed E-state index contributed by atoms with van der Waals surface area (Å²) in [5, 5.41) is 3.16. The van der Waals surface area contributed by atoms with Crippen LogP contribution >= 0.6 is 11.6 Å². The van der Waals surface area contributed by atoms with E-state index in [1.807, 2.05) is 25.1 Å². The number of carbonyl (C=O) groups is 2. The quantitative estimate of drug-likeness (QED) is 0.696. The molecule has 2 amide bonds. The Kier molecular flexibility index (Phi) is 8.14. The van der Waals surface area contributed by atoms with Crippen LogP contribution in [-0.4, -0.2) is 43.5 Å². The minimum Gasteiger partial charge on any atom is -0.497 e. The van der Waals surface area contributed by atoms with E-state index in [1.165, 1.54) is 4.90 Å². The molecule has 2 aromatic carbocycles. The van der Waals surface area contributed by atoms with Crippen LogP contribution < -0.4 is 14.8 Å². The third-order valence-electron chi connectivity index (χ3n) is 4.35. The van der Waals surface area contributed by atoms with Crippen molar-refractivity contribution in [1.29, 1.82) is 0 Å². The van der Waals surface area contributed by atoms with E-state index in [4.69, 9.17) is 21.1 Å². The lowest BCUT2D eigenvalue weighted by molar-refractivity contribution is -0.142. The smallest absolute Gasteiger partial charge is 0.261 e. The van der Waals surface area contributed by atoms with Crippen molar-refractivity contribution in [2.45, 2.75) is 25.9 Å². The van der Waals surface area contributed by atoms with Gasteiger partial charge in [0.2, 0.25) is 5.91 Å². The van der Waals surface area contributed by atoms with Crippen LogP contribution in [0.3, 0.4) is 0 Å². The van der Waals surface area contributed by atoms with Crippen LogP contribution in [0.4, 0.5) is 0 Å². The van der Waals surface area contributed by atoms with Crippen molar-refractivity contribution in [3.05, 3.63) is 59.1 Å². The van der Waals surface area contributed by atoms with E-state index in [0.717, 1.165) is 5.56 Å². The minimum atomic E-state index is -0.617. The SMILES string of the molecule is CC[C@H](C(=O)NC)N(Cc1ccccc1Cl)C(=O)COc1ccc(OC)cc1. The zero-order chi connectivity index (χ0) is 20.5. The molecule has 1 N–H and O–H groups in total. The molecule has 0 aliphatic rings. The summed E-state index contributed by atoms with van der Waals surface area (Å²) in [6.45, 7) is 1.89. The third-order valence-corrected chi connectivity index (χ3v) is 4.72. The van der Waals surface area contributed by atoms with E-state index >= 15 is 0 Å². The average molecular weight is 405 g/mol. The van der Waals surface area contributed by atoms with Crippen LogP contribution in [-0.2, 0) is 16.1 Å². The van der Waals surface area contributed by atoms with Crippen LogP contribution in [0, 0.1) is 0 Å². The van der Waals surface area contributed by atoms with E-state index in [2.05, 4.69) is 5.32 Å². The maximum absolute atomic E-state index is 12.9. The Bertz CT molecular complexity index is 795. The number of carbonyl (C=O) groups excluding carboxylic acids is 2. The summed E-state index contributed by atoms with van der Waals surface area (Å²) in [5.41, 5.74) is 0.768. The molecule has 0 saturated carbocycles. The Morgan fingerprint density at radius 3 is 2.32 bits per heavy atom. The van der Waals surface area contributed by atoms with Crippen LogP contribution in [0.1, 0.15) is 18.9 Å². The highest BCUT2D eigenvalue weighted by Gasteiger charge is 2.28. The monoisotopic (exact) mass is 404 g/mol. The normalized spacial score (nSPS) is 11.4. The van der Waals surface area contributed by atoms with Gasteiger partial charge in [-0.05, 0) is 42.3 Å². The molecule has 0 spiro atoms. The van der Waals surface area contributed by atoms with Gasteiger partial charge < -0.3 is 19.7 Å². The van der Waals surface area contributed by atoms with Crippen LogP contribution in [0.25, 0.3) is 0 Å². The first-order chi connectivity index (χ1) is 13.5. The van der Waals surface area contributed by atoms with Crippen molar-refractivity contribution < 1.29 is 19.1 Å². The summed E-state index contributed by atoms with van der Waals surface area (Å²) in [6.07, 6.45) is 0.471. The van der Waals surface area contributed by atoms with Gasteiger partial charge in [-0.25, -0.2) is 0 Å². The molecular weight excluding hydrogens is 380 g/mol. The first-order valence-corrected chi connectivity index (χ1v) is 9.39. The number of benzene rings is 2. The number of ether oxygens (including phenoxy) is 2. The van der Waals surface area contributed by atoms with Crippen LogP contribution in [0.5, 0.6) is 11.5 Å². The summed E-state index contributed by atoms with van der Waals surface area (Å²) >= 11 is 6.25. The zero-order valence-corrected chi connectivity index (χ0v) is 17.0. The molecule has 6 nitrogen and oxygen atoms in total. The molecule has 150 valence electrons. The maximum Gasteiger partial charge on any atom is 0.261 e. The lowest BCUT2D eigenvalue weighted by Gasteiger charge is -2.30. The summed E-state index contributed by atoms with van der Waals surface area (Å²) in [7, 11) is 3.13. The molecule has 1 atom stereocenters. The van der Waals surface area contributed by atoms with Gasteiger partial charge in [0.1, 0.15) is 17.5 Å². The number of hydrogen-bond acceptors (Lipinski definition) is 4. The van der Waals surface area contributed by atoms with Gasteiger partial charge in [-0.15, -0.1) is 0 Å². The van der Waals surface area contributed by atoms with Gasteiger partial charge >= 0.3 is 0 Å². The van der Waals surface area contributed by atoms with Crippen molar-refractivity contribution in [2.75, 3.05) is 20.8 Å². The Balaban J connectivity index is 2.17. The fourth-order valence-corrected chi connectivity index (χ4v) is 2.99. The van der Waals surface area contributed by atoms with Gasteiger partial charge in [-0.3, -0.25) is 9.59 Å². The first-order valence-electron chi connectivity index (χ1n) is 9.01. The molecule has 0 aliphatic heterocycles. The molecule has 0 saturated heterocycles. The molecule has 2 rings (SSSR count). The number of rotatable bonds is 9. The first kappa shape index (κ1) is 21.6. The number of nitrogens with zero attached hydrogens (tertiary/aromatic N) is 1. The van der Waals surface area contributed by atoms with E-state index in [1.54, 1.807) is 44.5 Å². The topological polar surface area (TPSA) is 67.9 Å². The highest BCUT2D eigenvalue weighted by molar-refractivity contribution is 6.31. The van der Waals surface area contributed by atoms with Gasteiger partial charge in [0.05, 0.1) is 7.11 Å². The molecular formula is C21H25ClN2O4. The van der Waals surface area contributed by atoms with Gasteiger partial charge in [-0.1, -0.05) is 36.7 Å². The van der Waals surface area contributed by atoms with Gasteiger partial charge in [0.15, 0.2) is 6.61 Å². The largest absolute Gasteiger partial charge is 0.497 e. The number of halogens is 1. The number of likely N-dealkylation sites (N-methyl/N-ethyl adjacent to an activating group) is 1. The second-order valence-electron chi connectivity index (χ2n) is 6.12. The molecule has 0 aromatic heterocycles. The Morgan fingerprint density at radius 1 is 1.11 bits per heavy atom. The van der Waals surface area contributed by atoms with Gasteiger partial charge in [0, 0.05) is 18.6 Å². The molecule has 0 heterocycles. The molecule has 7 heteroatoms. The van der Waals surface area contributed by atoms with Crippen LogP contribution in [0.15, 0.2) is 48.5 Å². The summed E-state index contributed by atoms with van der Waals surface area (Å²) in [5.74, 6) is 0.711. The minimum absolute atomic E-state index is 0.190. The predicted molar refractivity (Wildman–Crippen MR) is 109 cm³/mol. The van der Waals surface area contributed by atoms with Crippen molar-refractivity contribution in [1.82, 2.24) is 10.2 Å². The third kappa shape index (κ3) is 5.63. The molecule has 0 fully saturated rings. The van der Waals surface area contributed by atoms with E-state index in [9.17, 15) is 9.59 Å². The van der Waals surface area contributed by atoms with Crippen molar-refractivity contribution in [2.24, 2.45) is 0 Å². The number of amides is 2. The molecule has 0 aliphatic carbocycles. The van der Waals surface area contributed by atoms with E-state index in [-0.39, 0.29) is 25.0 Å². The van der Waals surface area contributed by atoms with Crippen molar-refractivity contribution in [3.8, 4) is 11.5 Å². The van der Waals surface area contributed by atoms with Crippen molar-refractivity contribution in [3.63, 3.8) is 0 Å². The maximum atomic E-state index is 12.9. The highest BCUT2D eigenvalue weighted by atomic mass is 35.5. The molecule has 28 heavy (non-hydrogen) atoms. The summed E-state index contributed by atoms with van der Waals surface area (Å²) < 4.78 is 10.7. The van der Waals surface area contributed by atoms with Gasteiger partial charge in [0.25, 0.3) is 5.91 Å². The van der Waals surface area contributed by atoms with Crippen LogP contribution in [0.2, 0.25) is 5.02 Å². The molecule has 0 radical (unpaired) electrons.